The van der Waals surface area contributed by atoms with Gasteiger partial charge in [0, 0.05) is 18.6 Å². The van der Waals surface area contributed by atoms with Crippen molar-refractivity contribution in [1.82, 2.24) is 30.0 Å². The normalized spacial score (nSPS) is 14.9. The minimum Gasteiger partial charge on any atom is -0.344 e. The Balaban J connectivity index is 1.61. The van der Waals surface area contributed by atoms with Crippen LogP contribution in [0.3, 0.4) is 0 Å². The highest BCUT2D eigenvalue weighted by atomic mass is 19.1. The van der Waals surface area contributed by atoms with Crippen molar-refractivity contribution in [3.8, 4) is 17.5 Å². The molecule has 1 saturated carbocycles. The molecule has 0 saturated heterocycles. The maximum Gasteiger partial charge on any atom is 0.256 e. The summed E-state index contributed by atoms with van der Waals surface area (Å²) in [7, 11) is 1.73. The van der Waals surface area contributed by atoms with E-state index in [1.807, 2.05) is 0 Å². The lowest BCUT2D eigenvalue weighted by Crippen LogP contribution is -2.35. The van der Waals surface area contributed by atoms with Crippen LogP contribution in [0.25, 0.3) is 33.5 Å². The van der Waals surface area contributed by atoms with E-state index in [2.05, 4.69) is 31.4 Å². The Hall–Kier alpha value is -3.80. The number of aromatic nitrogens is 5. The van der Waals surface area contributed by atoms with Crippen LogP contribution in [0.15, 0.2) is 30.6 Å². The summed E-state index contributed by atoms with van der Waals surface area (Å²) >= 11 is 0. The van der Waals surface area contributed by atoms with Crippen LogP contribution in [-0.4, -0.2) is 36.2 Å². The smallest absolute Gasteiger partial charge is 0.256 e. The highest BCUT2D eigenvalue weighted by molar-refractivity contribution is 6.05. The van der Waals surface area contributed by atoms with Gasteiger partial charge >= 0.3 is 0 Å². The number of nitrogens with zero attached hydrogens (tertiary/aromatic N) is 5. The standard InChI is InChI=1S/C19H14FN7O/c1-27-14-6-10(20)2-3-11(14)15(26-27)13-8-23-17-16(24-13)12(7-22-17)18(28)25-19(9-21)4-5-19/h2-3,6-8H,4-5H2,1H3,(H,22,23)(H,25,28). The molecule has 5 rings (SSSR count). The predicted molar refractivity (Wildman–Crippen MR) is 98.6 cm³/mol. The molecule has 3 aromatic heterocycles. The van der Waals surface area contributed by atoms with Crippen molar-refractivity contribution in [2.45, 2.75) is 18.4 Å². The van der Waals surface area contributed by atoms with Gasteiger partial charge < -0.3 is 10.3 Å². The van der Waals surface area contributed by atoms with Gasteiger partial charge in [0.05, 0.1) is 23.3 Å². The maximum atomic E-state index is 13.6. The summed E-state index contributed by atoms with van der Waals surface area (Å²) in [5.74, 6) is -0.718. The van der Waals surface area contributed by atoms with Crippen molar-refractivity contribution in [3.63, 3.8) is 0 Å². The topological polar surface area (TPSA) is 112 Å². The molecule has 0 unspecified atom stereocenters. The number of nitrogens with one attached hydrogen (secondary N) is 2. The molecule has 1 aliphatic rings. The molecule has 0 aliphatic heterocycles. The quantitative estimate of drug-likeness (QED) is 0.571. The average Bonchev–Trinajstić information content (AvgIpc) is 3.21. The second-order valence-electron chi connectivity index (χ2n) is 6.94. The van der Waals surface area contributed by atoms with Crippen molar-refractivity contribution in [3.05, 3.63) is 42.0 Å². The number of rotatable bonds is 3. The van der Waals surface area contributed by atoms with Gasteiger partial charge in [-0.2, -0.15) is 10.4 Å². The average molecular weight is 375 g/mol. The minimum atomic E-state index is -0.771. The van der Waals surface area contributed by atoms with Crippen molar-refractivity contribution >= 4 is 28.0 Å². The number of halogens is 1. The number of carbonyl (C=O) groups excluding carboxylic acids is 1. The third kappa shape index (κ3) is 2.42. The number of aromatic amines is 1. The van der Waals surface area contributed by atoms with E-state index in [1.54, 1.807) is 24.0 Å². The summed E-state index contributed by atoms with van der Waals surface area (Å²) in [5, 5.41) is 17.1. The lowest BCUT2D eigenvalue weighted by Gasteiger charge is -2.07. The summed E-state index contributed by atoms with van der Waals surface area (Å²) in [5.41, 5.74) is 2.06. The molecular weight excluding hydrogens is 361 g/mol. The third-order valence-corrected chi connectivity index (χ3v) is 5.00. The Labute approximate surface area is 158 Å². The first-order valence-corrected chi connectivity index (χ1v) is 8.70. The molecule has 8 nitrogen and oxygen atoms in total. The maximum absolute atomic E-state index is 13.6. The van der Waals surface area contributed by atoms with Crippen LogP contribution in [0.1, 0.15) is 23.2 Å². The van der Waals surface area contributed by atoms with Gasteiger partial charge in [0.25, 0.3) is 5.91 Å². The third-order valence-electron chi connectivity index (χ3n) is 5.00. The summed E-state index contributed by atoms with van der Waals surface area (Å²) in [6, 6.07) is 6.56. The van der Waals surface area contributed by atoms with E-state index in [1.165, 1.54) is 18.3 Å². The number of aryl methyl sites for hydroxylation is 1. The van der Waals surface area contributed by atoms with Crippen molar-refractivity contribution < 1.29 is 9.18 Å². The molecule has 1 fully saturated rings. The number of hydrogen-bond acceptors (Lipinski definition) is 5. The highest BCUT2D eigenvalue weighted by Gasteiger charge is 2.45. The molecule has 28 heavy (non-hydrogen) atoms. The summed E-state index contributed by atoms with van der Waals surface area (Å²) in [4.78, 5) is 24.5. The molecule has 2 N–H and O–H groups in total. The van der Waals surface area contributed by atoms with Crippen LogP contribution in [0.2, 0.25) is 0 Å². The van der Waals surface area contributed by atoms with Crippen LogP contribution in [0.4, 0.5) is 4.39 Å². The number of H-pyrrole nitrogens is 1. The largest absolute Gasteiger partial charge is 0.344 e. The number of nitriles is 1. The summed E-state index contributed by atoms with van der Waals surface area (Å²) in [6.45, 7) is 0. The molecule has 0 bridgehead atoms. The Kier molecular flexibility index (Phi) is 3.27. The molecular formula is C19H14FN7O. The van der Waals surface area contributed by atoms with Gasteiger partial charge in [0.2, 0.25) is 0 Å². The van der Waals surface area contributed by atoms with Crippen LogP contribution >= 0.6 is 0 Å². The lowest BCUT2D eigenvalue weighted by molar-refractivity contribution is 0.0943. The first-order valence-electron chi connectivity index (χ1n) is 8.70. The Morgan fingerprint density at radius 1 is 1.43 bits per heavy atom. The van der Waals surface area contributed by atoms with Crippen molar-refractivity contribution in [2.75, 3.05) is 0 Å². The van der Waals surface area contributed by atoms with Crippen LogP contribution in [-0.2, 0) is 7.05 Å². The monoisotopic (exact) mass is 375 g/mol. The molecule has 1 amide bonds. The number of fused-ring (bicyclic) bond motifs is 2. The van der Waals surface area contributed by atoms with Gasteiger partial charge in [-0.1, -0.05) is 0 Å². The molecule has 0 spiro atoms. The Morgan fingerprint density at radius 3 is 3.00 bits per heavy atom. The highest BCUT2D eigenvalue weighted by Crippen LogP contribution is 2.35. The second kappa shape index (κ2) is 5.60. The number of hydrogen-bond donors (Lipinski definition) is 2. The van der Waals surface area contributed by atoms with E-state index in [-0.39, 0.29) is 11.7 Å². The number of carbonyl (C=O) groups is 1. The molecule has 1 aliphatic carbocycles. The van der Waals surface area contributed by atoms with Gasteiger partial charge in [-0.15, -0.1) is 0 Å². The van der Waals surface area contributed by atoms with Gasteiger partial charge in [0.15, 0.2) is 5.65 Å². The molecule has 4 aromatic rings. The predicted octanol–water partition coefficient (Wildman–Crippen LogP) is 2.44. The van der Waals surface area contributed by atoms with Gasteiger partial charge in [-0.3, -0.25) is 9.48 Å². The Bertz CT molecular complexity index is 1310. The van der Waals surface area contributed by atoms with Crippen molar-refractivity contribution in [2.24, 2.45) is 7.05 Å². The fraction of sp³-hybridized carbons (Fsp3) is 0.211. The summed E-state index contributed by atoms with van der Waals surface area (Å²) in [6.07, 6.45) is 4.38. The van der Waals surface area contributed by atoms with Crippen molar-refractivity contribution in [1.29, 1.82) is 5.26 Å². The van der Waals surface area contributed by atoms with Gasteiger partial charge in [-0.05, 0) is 31.0 Å². The first-order chi connectivity index (χ1) is 13.5. The zero-order valence-corrected chi connectivity index (χ0v) is 14.8. The Morgan fingerprint density at radius 2 is 2.25 bits per heavy atom. The number of benzene rings is 1. The van der Waals surface area contributed by atoms with Crippen LogP contribution in [0, 0.1) is 17.1 Å². The fourth-order valence-electron chi connectivity index (χ4n) is 3.27. The van der Waals surface area contributed by atoms with Gasteiger partial charge in [-0.25, -0.2) is 14.4 Å². The molecule has 0 radical (unpaired) electrons. The van der Waals surface area contributed by atoms with E-state index in [0.29, 0.717) is 46.5 Å². The zero-order chi connectivity index (χ0) is 19.5. The van der Waals surface area contributed by atoms with E-state index in [9.17, 15) is 14.4 Å². The zero-order valence-electron chi connectivity index (χ0n) is 14.8. The van der Waals surface area contributed by atoms with E-state index in [4.69, 9.17) is 0 Å². The lowest BCUT2D eigenvalue weighted by atomic mass is 10.1. The SMILES string of the molecule is Cn1nc(-c2cnc3[nH]cc(C(=O)NC4(C#N)CC4)c3n2)c2ccc(F)cc21. The molecule has 0 atom stereocenters. The fourth-order valence-corrected chi connectivity index (χ4v) is 3.27. The summed E-state index contributed by atoms with van der Waals surface area (Å²) < 4.78 is 15.1. The van der Waals surface area contributed by atoms with E-state index >= 15 is 0 Å². The molecule has 3 heterocycles. The van der Waals surface area contributed by atoms with Crippen LogP contribution in [0.5, 0.6) is 0 Å². The molecule has 9 heteroatoms. The molecule has 1 aromatic carbocycles. The van der Waals surface area contributed by atoms with Crippen LogP contribution < -0.4 is 5.32 Å². The molecule has 138 valence electrons. The number of amides is 1. The second-order valence-corrected chi connectivity index (χ2v) is 6.94. The first kappa shape index (κ1) is 16.4. The van der Waals surface area contributed by atoms with E-state index in [0.717, 1.165) is 5.39 Å². The minimum absolute atomic E-state index is 0.317. The van der Waals surface area contributed by atoms with E-state index < -0.39 is 5.54 Å². The van der Waals surface area contributed by atoms with Gasteiger partial charge in [0.1, 0.15) is 28.3 Å².